The molecule has 1 saturated heterocycles. The summed E-state index contributed by atoms with van der Waals surface area (Å²) >= 11 is 6.44. The lowest BCUT2D eigenvalue weighted by atomic mass is 10.1. The fourth-order valence-electron chi connectivity index (χ4n) is 3.55. The SMILES string of the molecule is Cc1ncc(CO)c(C=NC[C@@H](c2ccccc2Cl)[NH+]2CCCC2)c1O. The van der Waals surface area contributed by atoms with Crippen molar-refractivity contribution in [1.29, 1.82) is 0 Å². The number of rotatable bonds is 6. The first-order valence-corrected chi connectivity index (χ1v) is 9.36. The lowest BCUT2D eigenvalue weighted by Crippen LogP contribution is -3.10. The van der Waals surface area contributed by atoms with E-state index in [1.54, 1.807) is 19.3 Å². The van der Waals surface area contributed by atoms with Gasteiger partial charge in [0.15, 0.2) is 0 Å². The Morgan fingerprint density at radius 3 is 2.73 bits per heavy atom. The summed E-state index contributed by atoms with van der Waals surface area (Å²) in [7, 11) is 0. The summed E-state index contributed by atoms with van der Waals surface area (Å²) in [5.74, 6) is 0.0723. The van der Waals surface area contributed by atoms with Crippen LogP contribution in [0.5, 0.6) is 5.75 Å². The van der Waals surface area contributed by atoms with Crippen LogP contribution in [0.2, 0.25) is 5.02 Å². The predicted octanol–water partition coefficient (Wildman–Crippen LogP) is 2.08. The first-order chi connectivity index (χ1) is 12.6. The van der Waals surface area contributed by atoms with E-state index in [0.29, 0.717) is 23.4 Å². The molecule has 3 N–H and O–H groups in total. The first-order valence-electron chi connectivity index (χ1n) is 8.99. The van der Waals surface area contributed by atoms with Crippen molar-refractivity contribution in [3.63, 3.8) is 0 Å². The molecule has 1 aromatic carbocycles. The van der Waals surface area contributed by atoms with E-state index in [9.17, 15) is 10.2 Å². The van der Waals surface area contributed by atoms with E-state index >= 15 is 0 Å². The number of likely N-dealkylation sites (tertiary alicyclic amines) is 1. The normalized spacial score (nSPS) is 16.4. The van der Waals surface area contributed by atoms with Crippen LogP contribution in [0.4, 0.5) is 0 Å². The summed E-state index contributed by atoms with van der Waals surface area (Å²) in [6.07, 6.45) is 5.67. The third-order valence-corrected chi connectivity index (χ3v) is 5.40. The third kappa shape index (κ3) is 4.06. The molecule has 0 unspecified atom stereocenters. The van der Waals surface area contributed by atoms with Crippen molar-refractivity contribution in [2.45, 2.75) is 32.4 Å². The van der Waals surface area contributed by atoms with Gasteiger partial charge in [-0.2, -0.15) is 0 Å². The minimum Gasteiger partial charge on any atom is -0.505 e. The van der Waals surface area contributed by atoms with E-state index in [2.05, 4.69) is 16.0 Å². The van der Waals surface area contributed by atoms with Crippen LogP contribution in [0.15, 0.2) is 35.5 Å². The van der Waals surface area contributed by atoms with Crippen LogP contribution in [0, 0.1) is 6.92 Å². The van der Waals surface area contributed by atoms with Crippen LogP contribution in [-0.4, -0.2) is 41.0 Å². The van der Waals surface area contributed by atoms with Crippen molar-refractivity contribution >= 4 is 17.8 Å². The molecule has 0 radical (unpaired) electrons. The number of aliphatic imine (C=N–C) groups is 1. The first kappa shape index (κ1) is 18.8. The quantitative estimate of drug-likeness (QED) is 0.678. The zero-order valence-corrected chi connectivity index (χ0v) is 15.7. The average Bonchev–Trinajstić information content (AvgIpc) is 3.17. The molecule has 0 bridgehead atoms. The number of aliphatic hydroxyl groups excluding tert-OH is 1. The number of nitrogens with one attached hydrogen (secondary N) is 1. The second-order valence-electron chi connectivity index (χ2n) is 6.72. The van der Waals surface area contributed by atoms with Crippen LogP contribution < -0.4 is 4.90 Å². The molecule has 1 aliphatic rings. The van der Waals surface area contributed by atoms with Gasteiger partial charge in [-0.15, -0.1) is 0 Å². The maximum atomic E-state index is 10.3. The summed E-state index contributed by atoms with van der Waals surface area (Å²) in [5, 5.41) is 20.5. The fraction of sp³-hybridized carbons (Fsp3) is 0.400. The number of benzene rings is 1. The molecule has 6 heteroatoms. The number of aryl methyl sites for hydroxylation is 1. The summed E-state index contributed by atoms with van der Waals surface area (Å²) in [4.78, 5) is 10.2. The molecule has 0 aliphatic carbocycles. The van der Waals surface area contributed by atoms with Gasteiger partial charge in [-0.3, -0.25) is 9.98 Å². The standard InChI is InChI=1S/C20H24ClN3O2/c1-14-20(26)17(15(13-25)10-23-14)11-22-12-19(24-8-4-5-9-24)16-6-2-3-7-18(16)21/h2-3,6-7,10-11,19,25-26H,4-5,8-9,12-13H2,1H3/p+1/t19-/m0/s1. The molecule has 1 aromatic heterocycles. The van der Waals surface area contributed by atoms with Crippen molar-refractivity contribution in [3.05, 3.63) is 57.9 Å². The lowest BCUT2D eigenvalue weighted by molar-refractivity contribution is -0.918. The second-order valence-corrected chi connectivity index (χ2v) is 7.13. The number of aliphatic hydroxyl groups is 1. The Morgan fingerprint density at radius 1 is 1.31 bits per heavy atom. The van der Waals surface area contributed by atoms with Gasteiger partial charge in [0.1, 0.15) is 11.8 Å². The van der Waals surface area contributed by atoms with E-state index in [1.807, 2.05) is 18.2 Å². The Hall–Kier alpha value is -1.95. The van der Waals surface area contributed by atoms with Gasteiger partial charge < -0.3 is 15.1 Å². The highest BCUT2D eigenvalue weighted by Gasteiger charge is 2.28. The number of hydrogen-bond donors (Lipinski definition) is 3. The van der Waals surface area contributed by atoms with Crippen LogP contribution in [0.3, 0.4) is 0 Å². The third-order valence-electron chi connectivity index (χ3n) is 5.06. The van der Waals surface area contributed by atoms with E-state index in [0.717, 1.165) is 23.7 Å². The van der Waals surface area contributed by atoms with Gasteiger partial charge >= 0.3 is 0 Å². The summed E-state index contributed by atoms with van der Waals surface area (Å²) in [6, 6.07) is 8.13. The van der Waals surface area contributed by atoms with Crippen molar-refractivity contribution in [2.24, 2.45) is 4.99 Å². The van der Waals surface area contributed by atoms with Gasteiger partial charge in [0.2, 0.25) is 0 Å². The molecule has 1 aliphatic heterocycles. The van der Waals surface area contributed by atoms with Crippen LogP contribution in [-0.2, 0) is 6.61 Å². The van der Waals surface area contributed by atoms with Crippen LogP contribution >= 0.6 is 11.6 Å². The van der Waals surface area contributed by atoms with E-state index in [1.165, 1.54) is 17.7 Å². The molecule has 2 heterocycles. The van der Waals surface area contributed by atoms with Crippen molar-refractivity contribution in [2.75, 3.05) is 19.6 Å². The molecular formula is C20H25ClN3O2+. The van der Waals surface area contributed by atoms with Crippen molar-refractivity contribution in [1.82, 2.24) is 4.98 Å². The Kier molecular flexibility index (Phi) is 6.25. The second kappa shape index (κ2) is 8.62. The highest BCUT2D eigenvalue weighted by Crippen LogP contribution is 2.24. The lowest BCUT2D eigenvalue weighted by Gasteiger charge is -2.24. The maximum Gasteiger partial charge on any atom is 0.145 e. The number of nitrogens with zero attached hydrogens (tertiary/aromatic N) is 2. The molecule has 1 atom stereocenters. The Balaban J connectivity index is 1.86. The van der Waals surface area contributed by atoms with E-state index in [4.69, 9.17) is 11.6 Å². The van der Waals surface area contributed by atoms with Gasteiger partial charge in [0.05, 0.1) is 31.9 Å². The van der Waals surface area contributed by atoms with Gasteiger partial charge in [-0.25, -0.2) is 0 Å². The highest BCUT2D eigenvalue weighted by atomic mass is 35.5. The molecule has 1 fully saturated rings. The molecule has 5 nitrogen and oxygen atoms in total. The molecule has 138 valence electrons. The van der Waals surface area contributed by atoms with E-state index in [-0.39, 0.29) is 18.4 Å². The molecule has 2 aromatic rings. The fourth-order valence-corrected chi connectivity index (χ4v) is 3.82. The summed E-state index contributed by atoms with van der Waals surface area (Å²) in [5.41, 5.74) is 2.74. The largest absolute Gasteiger partial charge is 0.505 e. The number of halogens is 1. The number of hydrogen-bond acceptors (Lipinski definition) is 4. The smallest absolute Gasteiger partial charge is 0.145 e. The van der Waals surface area contributed by atoms with Crippen LogP contribution in [0.25, 0.3) is 0 Å². The number of quaternary nitrogens is 1. The van der Waals surface area contributed by atoms with Gasteiger partial charge in [0, 0.05) is 47.0 Å². The van der Waals surface area contributed by atoms with E-state index < -0.39 is 0 Å². The zero-order chi connectivity index (χ0) is 18.5. The zero-order valence-electron chi connectivity index (χ0n) is 15.0. The Morgan fingerprint density at radius 2 is 2.04 bits per heavy atom. The van der Waals surface area contributed by atoms with Crippen LogP contribution in [0.1, 0.15) is 41.3 Å². The number of aromatic hydroxyl groups is 1. The molecule has 26 heavy (non-hydrogen) atoms. The highest BCUT2D eigenvalue weighted by molar-refractivity contribution is 6.31. The maximum absolute atomic E-state index is 10.3. The van der Waals surface area contributed by atoms with Gasteiger partial charge in [-0.1, -0.05) is 29.8 Å². The number of aromatic nitrogens is 1. The minimum absolute atomic E-state index is 0.0723. The molecule has 0 amide bonds. The van der Waals surface area contributed by atoms with Crippen molar-refractivity contribution < 1.29 is 15.1 Å². The molecule has 0 saturated carbocycles. The monoisotopic (exact) mass is 374 g/mol. The molecular weight excluding hydrogens is 350 g/mol. The topological polar surface area (TPSA) is 70.2 Å². The van der Waals surface area contributed by atoms with Gasteiger partial charge in [0.25, 0.3) is 0 Å². The Labute approximate surface area is 159 Å². The molecule has 0 spiro atoms. The summed E-state index contributed by atoms with van der Waals surface area (Å²) in [6.45, 7) is 4.35. The summed E-state index contributed by atoms with van der Waals surface area (Å²) < 4.78 is 0. The average molecular weight is 375 g/mol. The van der Waals surface area contributed by atoms with Crippen molar-refractivity contribution in [3.8, 4) is 5.75 Å². The van der Waals surface area contributed by atoms with Gasteiger partial charge in [-0.05, 0) is 13.0 Å². The predicted molar refractivity (Wildman–Crippen MR) is 103 cm³/mol. The minimum atomic E-state index is -0.187. The number of pyridine rings is 1. The molecule has 3 rings (SSSR count). The Bertz CT molecular complexity index is 789.